The number of aromatic hydroxyl groups is 1. The lowest BCUT2D eigenvalue weighted by atomic mass is 10.1. The highest BCUT2D eigenvalue weighted by molar-refractivity contribution is 7.89. The van der Waals surface area contributed by atoms with E-state index in [2.05, 4.69) is 5.32 Å². The average Bonchev–Trinajstić information content (AvgIpc) is 2.84. The van der Waals surface area contributed by atoms with Crippen molar-refractivity contribution in [2.75, 3.05) is 31.6 Å². The Balaban J connectivity index is 1.40. The second-order valence-corrected chi connectivity index (χ2v) is 9.73. The Morgan fingerprint density at radius 1 is 1.03 bits per heavy atom. The van der Waals surface area contributed by atoms with Gasteiger partial charge < -0.3 is 19.9 Å². The Hall–Kier alpha value is -3.47. The number of anilines is 1. The van der Waals surface area contributed by atoms with E-state index in [9.17, 15) is 23.1 Å². The molecule has 34 heavy (non-hydrogen) atoms. The number of amides is 1. The Labute approximate surface area is 196 Å². The van der Waals surface area contributed by atoms with Gasteiger partial charge in [-0.05, 0) is 54.1 Å². The molecular weight excluding hydrogens is 460 g/mol. The van der Waals surface area contributed by atoms with Gasteiger partial charge in [-0.25, -0.2) is 13.2 Å². The predicted molar refractivity (Wildman–Crippen MR) is 125 cm³/mol. The highest BCUT2D eigenvalue weighted by Gasteiger charge is 2.26. The molecule has 0 aromatic heterocycles. The van der Waals surface area contributed by atoms with Crippen molar-refractivity contribution in [3.8, 4) is 5.75 Å². The number of carbonyl (C=O) groups excluding carboxylic acids is 2. The maximum absolute atomic E-state index is 12.7. The molecule has 0 radical (unpaired) electrons. The smallest absolute Gasteiger partial charge is 0.342 e. The van der Waals surface area contributed by atoms with Crippen LogP contribution in [0.3, 0.4) is 0 Å². The maximum atomic E-state index is 12.7. The normalized spacial score (nSPS) is 15.6. The van der Waals surface area contributed by atoms with Crippen LogP contribution in [0.1, 0.15) is 17.3 Å². The minimum Gasteiger partial charge on any atom is -0.507 e. The summed E-state index contributed by atoms with van der Waals surface area (Å²) in [5.74, 6) is -1.68. The van der Waals surface area contributed by atoms with Crippen LogP contribution in [0.25, 0.3) is 10.8 Å². The second-order valence-electron chi connectivity index (χ2n) is 7.79. The van der Waals surface area contributed by atoms with Crippen LogP contribution in [0.15, 0.2) is 65.6 Å². The highest BCUT2D eigenvalue weighted by Crippen LogP contribution is 2.26. The summed E-state index contributed by atoms with van der Waals surface area (Å²) < 4.78 is 37.2. The average molecular weight is 485 g/mol. The quantitative estimate of drug-likeness (QED) is 0.516. The van der Waals surface area contributed by atoms with E-state index in [0.29, 0.717) is 18.9 Å². The van der Waals surface area contributed by atoms with Gasteiger partial charge >= 0.3 is 5.97 Å². The third kappa shape index (κ3) is 5.04. The molecule has 3 aromatic carbocycles. The van der Waals surface area contributed by atoms with E-state index in [-0.39, 0.29) is 29.3 Å². The molecule has 9 nitrogen and oxygen atoms in total. The van der Waals surface area contributed by atoms with Gasteiger partial charge in [0.25, 0.3) is 5.91 Å². The zero-order valence-corrected chi connectivity index (χ0v) is 19.2. The largest absolute Gasteiger partial charge is 0.507 e. The number of nitrogens with zero attached hydrogens (tertiary/aromatic N) is 1. The zero-order chi connectivity index (χ0) is 24.3. The van der Waals surface area contributed by atoms with Gasteiger partial charge in [0.15, 0.2) is 6.10 Å². The fraction of sp³-hybridized carbons (Fsp3) is 0.250. The van der Waals surface area contributed by atoms with Crippen molar-refractivity contribution in [1.29, 1.82) is 0 Å². The second kappa shape index (κ2) is 9.80. The number of phenols is 1. The molecule has 2 N–H and O–H groups in total. The third-order valence-electron chi connectivity index (χ3n) is 5.47. The van der Waals surface area contributed by atoms with Crippen molar-refractivity contribution in [1.82, 2.24) is 4.31 Å². The molecule has 1 atom stereocenters. The minimum atomic E-state index is -3.64. The number of ether oxygens (including phenoxy) is 2. The van der Waals surface area contributed by atoms with Crippen molar-refractivity contribution in [2.45, 2.75) is 17.9 Å². The standard InChI is InChI=1S/C24H24N2O7S/c1-16(33-24(29)21-14-17-4-2-3-5-18(17)15-22(21)27)23(28)25-19-6-8-20(9-7-19)34(30,31)26-10-12-32-13-11-26/h2-9,14-16,27H,10-13H2,1H3,(H,25,28). The van der Waals surface area contributed by atoms with Crippen molar-refractivity contribution in [2.24, 2.45) is 0 Å². The van der Waals surface area contributed by atoms with Crippen molar-refractivity contribution >= 4 is 38.4 Å². The lowest BCUT2D eigenvalue weighted by molar-refractivity contribution is -0.123. The molecule has 1 saturated heterocycles. The number of hydrogen-bond acceptors (Lipinski definition) is 7. The van der Waals surface area contributed by atoms with Crippen LogP contribution in [0.4, 0.5) is 5.69 Å². The van der Waals surface area contributed by atoms with E-state index in [1.807, 2.05) is 12.1 Å². The lowest BCUT2D eigenvalue weighted by Gasteiger charge is -2.26. The first-order chi connectivity index (χ1) is 16.3. The predicted octanol–water partition coefficient (Wildman–Crippen LogP) is 2.75. The molecule has 0 saturated carbocycles. The molecule has 1 unspecified atom stereocenters. The van der Waals surface area contributed by atoms with E-state index in [1.165, 1.54) is 47.6 Å². The van der Waals surface area contributed by atoms with Gasteiger partial charge in [0.05, 0.1) is 18.1 Å². The fourth-order valence-electron chi connectivity index (χ4n) is 3.56. The Morgan fingerprint density at radius 2 is 1.65 bits per heavy atom. The molecule has 0 bridgehead atoms. The monoisotopic (exact) mass is 484 g/mol. The molecule has 1 amide bonds. The molecule has 10 heteroatoms. The summed E-state index contributed by atoms with van der Waals surface area (Å²) >= 11 is 0. The number of sulfonamides is 1. The van der Waals surface area contributed by atoms with Gasteiger partial charge in [0.2, 0.25) is 10.0 Å². The molecule has 0 aliphatic carbocycles. The van der Waals surface area contributed by atoms with Crippen LogP contribution in [0.2, 0.25) is 0 Å². The van der Waals surface area contributed by atoms with Crippen LogP contribution in [-0.2, 0) is 24.3 Å². The summed E-state index contributed by atoms with van der Waals surface area (Å²) in [6, 6.07) is 15.9. The number of hydrogen-bond donors (Lipinski definition) is 2. The Kier molecular flexibility index (Phi) is 6.82. The van der Waals surface area contributed by atoms with Crippen molar-refractivity contribution < 1.29 is 32.6 Å². The van der Waals surface area contributed by atoms with Crippen LogP contribution in [0.5, 0.6) is 5.75 Å². The SMILES string of the molecule is CC(OC(=O)c1cc2ccccc2cc1O)C(=O)Nc1ccc(S(=O)(=O)N2CCOCC2)cc1. The molecule has 1 heterocycles. The van der Waals surface area contributed by atoms with Gasteiger partial charge in [-0.3, -0.25) is 4.79 Å². The summed E-state index contributed by atoms with van der Waals surface area (Å²) in [5.41, 5.74) is 0.304. The summed E-state index contributed by atoms with van der Waals surface area (Å²) in [4.78, 5) is 25.2. The van der Waals surface area contributed by atoms with Gasteiger partial charge in [-0.15, -0.1) is 0 Å². The number of benzene rings is 3. The van der Waals surface area contributed by atoms with E-state index < -0.39 is 28.0 Å². The molecule has 1 fully saturated rings. The Bertz CT molecular complexity index is 1320. The minimum absolute atomic E-state index is 0.0453. The third-order valence-corrected chi connectivity index (χ3v) is 7.38. The van der Waals surface area contributed by atoms with Crippen LogP contribution in [-0.4, -0.2) is 62.1 Å². The van der Waals surface area contributed by atoms with Crippen LogP contribution in [0, 0.1) is 0 Å². The van der Waals surface area contributed by atoms with Gasteiger partial charge in [0, 0.05) is 18.8 Å². The Morgan fingerprint density at radius 3 is 2.29 bits per heavy atom. The lowest BCUT2D eigenvalue weighted by Crippen LogP contribution is -2.40. The molecule has 4 rings (SSSR count). The molecule has 1 aliphatic heterocycles. The van der Waals surface area contributed by atoms with Crippen LogP contribution >= 0.6 is 0 Å². The first-order valence-electron chi connectivity index (χ1n) is 10.7. The van der Waals surface area contributed by atoms with Crippen LogP contribution < -0.4 is 5.32 Å². The van der Waals surface area contributed by atoms with Gasteiger partial charge in [-0.1, -0.05) is 24.3 Å². The van der Waals surface area contributed by atoms with Crippen molar-refractivity contribution in [3.63, 3.8) is 0 Å². The number of morpholine rings is 1. The van der Waals surface area contributed by atoms with E-state index in [1.54, 1.807) is 12.1 Å². The fourth-order valence-corrected chi connectivity index (χ4v) is 4.97. The number of esters is 1. The molecule has 0 spiro atoms. The van der Waals surface area contributed by atoms with Gasteiger partial charge in [-0.2, -0.15) is 4.31 Å². The molecule has 178 valence electrons. The maximum Gasteiger partial charge on any atom is 0.342 e. The molecule has 1 aliphatic rings. The van der Waals surface area contributed by atoms with E-state index in [0.717, 1.165) is 10.8 Å². The molecular formula is C24H24N2O7S. The number of fused-ring (bicyclic) bond motifs is 1. The summed E-state index contributed by atoms with van der Waals surface area (Å²) in [7, 11) is -3.64. The summed E-state index contributed by atoms with van der Waals surface area (Å²) in [6.45, 7) is 2.68. The van der Waals surface area contributed by atoms with Crippen molar-refractivity contribution in [3.05, 3.63) is 66.2 Å². The first-order valence-corrected chi connectivity index (χ1v) is 12.1. The highest BCUT2D eigenvalue weighted by atomic mass is 32.2. The summed E-state index contributed by atoms with van der Waals surface area (Å²) in [5, 5.41) is 14.3. The van der Waals surface area contributed by atoms with E-state index in [4.69, 9.17) is 9.47 Å². The number of rotatable bonds is 6. The topological polar surface area (TPSA) is 122 Å². The first kappa shape index (κ1) is 23.7. The number of nitrogens with one attached hydrogen (secondary N) is 1. The number of carbonyl (C=O) groups is 2. The number of phenolic OH excluding ortho intramolecular Hbond substituents is 1. The molecule has 3 aromatic rings. The van der Waals surface area contributed by atoms with E-state index >= 15 is 0 Å². The zero-order valence-electron chi connectivity index (χ0n) is 18.4. The van der Waals surface area contributed by atoms with Gasteiger partial charge in [0.1, 0.15) is 11.3 Å². The summed E-state index contributed by atoms with van der Waals surface area (Å²) in [6.07, 6.45) is -1.16.